The van der Waals surface area contributed by atoms with Gasteiger partial charge in [0.15, 0.2) is 0 Å². The number of aromatic nitrogens is 7. The highest BCUT2D eigenvalue weighted by atomic mass is 79.9. The van der Waals surface area contributed by atoms with E-state index in [-0.39, 0.29) is 0 Å². The molecule has 4 N–H and O–H groups in total. The van der Waals surface area contributed by atoms with Crippen LogP contribution in [0, 0.1) is 0 Å². The van der Waals surface area contributed by atoms with Crippen molar-refractivity contribution in [1.29, 1.82) is 0 Å². The van der Waals surface area contributed by atoms with Crippen LogP contribution in [0.1, 0.15) is 51.4 Å². The van der Waals surface area contributed by atoms with Crippen molar-refractivity contribution in [2.75, 3.05) is 63.2 Å². The third-order valence-corrected chi connectivity index (χ3v) is 13.4. The average molecular weight is 859 g/mol. The van der Waals surface area contributed by atoms with Crippen LogP contribution >= 0.6 is 15.9 Å². The lowest BCUT2D eigenvalue weighted by atomic mass is 9.90. The lowest BCUT2D eigenvalue weighted by molar-refractivity contribution is 0.00788. The van der Waals surface area contributed by atoms with Gasteiger partial charge in [0, 0.05) is 89.0 Å². The topological polar surface area (TPSA) is 145 Å². The Morgan fingerprint density at radius 1 is 0.559 bits per heavy atom. The van der Waals surface area contributed by atoms with Crippen molar-refractivity contribution in [1.82, 2.24) is 44.7 Å². The summed E-state index contributed by atoms with van der Waals surface area (Å²) in [6, 6.07) is 19.2. The molecule has 13 nitrogen and oxygen atoms in total. The molecule has 5 aromatic heterocycles. The third kappa shape index (κ3) is 8.38. The van der Waals surface area contributed by atoms with E-state index in [1.54, 1.807) is 12.7 Å². The van der Waals surface area contributed by atoms with Crippen molar-refractivity contribution in [3.05, 3.63) is 78.1 Å². The quantitative estimate of drug-likeness (QED) is 0.123. The van der Waals surface area contributed by atoms with Crippen molar-refractivity contribution in [3.8, 4) is 11.1 Å². The van der Waals surface area contributed by atoms with Gasteiger partial charge in [0.1, 0.15) is 35.6 Å². The largest absolute Gasteiger partial charge is 0.379 e. The number of benzene rings is 2. The molecule has 2 saturated carbocycles. The van der Waals surface area contributed by atoms with Crippen LogP contribution in [-0.2, 0) is 9.47 Å². The van der Waals surface area contributed by atoms with Crippen molar-refractivity contribution < 1.29 is 9.47 Å². The SMILES string of the molecule is Brc1ccc2c(c1)[nH]c1ncnc(NC3CCC(N4CCOCC4)CC3)c12.c1cc(-c2ccc3c(c2)[nH]c2ncnc(NC4CCC(N5CCOCC5)CC4)c23)ccn1. The van der Waals surface area contributed by atoms with Gasteiger partial charge in [0.25, 0.3) is 0 Å². The minimum Gasteiger partial charge on any atom is -0.379 e. The Morgan fingerprint density at radius 2 is 1.05 bits per heavy atom. The molecule has 4 aliphatic rings. The standard InChI is InChI=1S/C25H28N6O.C20H24BrN5O/c1-6-21-22(15-18(1)17-7-9-26-10-8-17)30-25-23(21)24(27-16-28-25)29-19-2-4-20(5-3-19)31-11-13-32-14-12-31;21-13-1-6-16-17(11-13)25-20-18(16)19(22-12-23-20)24-14-2-4-15(5-3-14)26-7-9-27-10-8-26/h1,6-10,15-16,19-20H,2-5,11-14H2,(H2,27,28,29,30);1,6,11-12,14-15H,2-5,7-10H2,(H2,22,23,24,25). The third-order valence-electron chi connectivity index (χ3n) is 13.0. The fourth-order valence-electron chi connectivity index (χ4n) is 9.82. The maximum Gasteiger partial charge on any atom is 0.143 e. The van der Waals surface area contributed by atoms with Crippen LogP contribution in [0.3, 0.4) is 0 Å². The van der Waals surface area contributed by atoms with Gasteiger partial charge in [-0.25, -0.2) is 19.9 Å². The van der Waals surface area contributed by atoms with E-state index in [1.807, 2.05) is 24.5 Å². The first-order valence-corrected chi connectivity index (χ1v) is 22.2. The Bertz CT molecular complexity index is 2500. The zero-order chi connectivity index (χ0) is 39.5. The zero-order valence-corrected chi connectivity index (χ0v) is 35.0. The van der Waals surface area contributed by atoms with Crippen molar-refractivity contribution >= 4 is 71.4 Å². The van der Waals surface area contributed by atoms with Crippen LogP contribution in [-0.4, -0.2) is 121 Å². The van der Waals surface area contributed by atoms with Crippen molar-refractivity contribution in [3.63, 3.8) is 0 Å². The number of H-pyrrole nitrogens is 2. The highest BCUT2D eigenvalue weighted by Crippen LogP contribution is 2.35. The van der Waals surface area contributed by atoms with Gasteiger partial charge in [0.05, 0.1) is 37.2 Å². The number of rotatable bonds is 7. The number of hydrogen-bond acceptors (Lipinski definition) is 11. The molecule has 0 spiro atoms. The van der Waals surface area contributed by atoms with Gasteiger partial charge < -0.3 is 30.1 Å². The molecule has 2 aliphatic heterocycles. The van der Waals surface area contributed by atoms with E-state index in [0.29, 0.717) is 24.2 Å². The lowest BCUT2D eigenvalue weighted by Gasteiger charge is -2.39. The summed E-state index contributed by atoms with van der Waals surface area (Å²) in [6.45, 7) is 7.83. The molecule has 2 saturated heterocycles. The van der Waals surface area contributed by atoms with E-state index in [2.05, 4.69) is 108 Å². The second kappa shape index (κ2) is 17.5. The normalized spacial score (nSPS) is 23.3. The van der Waals surface area contributed by atoms with Gasteiger partial charge in [-0.05, 0) is 92.8 Å². The summed E-state index contributed by atoms with van der Waals surface area (Å²) in [5, 5.41) is 12.0. The average Bonchev–Trinajstić information content (AvgIpc) is 3.87. The zero-order valence-electron chi connectivity index (χ0n) is 33.4. The Labute approximate surface area is 352 Å². The number of aromatic amines is 2. The minimum absolute atomic E-state index is 0.450. The molecule has 7 aromatic rings. The van der Waals surface area contributed by atoms with E-state index in [0.717, 1.165) is 118 Å². The molecule has 0 unspecified atom stereocenters. The molecule has 59 heavy (non-hydrogen) atoms. The van der Waals surface area contributed by atoms with Crippen LogP contribution in [0.4, 0.5) is 11.6 Å². The summed E-state index contributed by atoms with van der Waals surface area (Å²) in [6.07, 6.45) is 16.6. The van der Waals surface area contributed by atoms with Gasteiger partial charge in [-0.3, -0.25) is 14.8 Å². The molecule has 14 heteroatoms. The van der Waals surface area contributed by atoms with Crippen LogP contribution < -0.4 is 10.6 Å². The van der Waals surface area contributed by atoms with Gasteiger partial charge in [0.2, 0.25) is 0 Å². The summed E-state index contributed by atoms with van der Waals surface area (Å²) in [5.41, 5.74) is 6.25. The van der Waals surface area contributed by atoms with E-state index in [1.165, 1.54) is 56.8 Å². The molecule has 7 heterocycles. The highest BCUT2D eigenvalue weighted by molar-refractivity contribution is 9.10. The maximum absolute atomic E-state index is 5.52. The predicted octanol–water partition coefficient (Wildman–Crippen LogP) is 8.16. The number of ether oxygens (including phenoxy) is 2. The number of nitrogens with one attached hydrogen (secondary N) is 4. The fraction of sp³-hybridized carbons (Fsp3) is 0.444. The minimum atomic E-state index is 0.450. The number of pyridine rings is 1. The number of anilines is 2. The summed E-state index contributed by atoms with van der Waals surface area (Å²) < 4.78 is 12.1. The molecule has 11 rings (SSSR count). The lowest BCUT2D eigenvalue weighted by Crippen LogP contribution is -2.46. The fourth-order valence-corrected chi connectivity index (χ4v) is 10.2. The molecule has 0 amide bonds. The Balaban J connectivity index is 0.000000145. The molecular formula is C45H52BrN11O2. The van der Waals surface area contributed by atoms with E-state index < -0.39 is 0 Å². The molecular weight excluding hydrogens is 806 g/mol. The highest BCUT2D eigenvalue weighted by Gasteiger charge is 2.29. The number of fused-ring (bicyclic) bond motifs is 6. The second-order valence-corrected chi connectivity index (χ2v) is 17.3. The molecule has 2 aromatic carbocycles. The molecule has 0 atom stereocenters. The second-order valence-electron chi connectivity index (χ2n) is 16.4. The van der Waals surface area contributed by atoms with Gasteiger partial charge in [-0.2, -0.15) is 0 Å². The molecule has 0 radical (unpaired) electrons. The van der Waals surface area contributed by atoms with E-state index >= 15 is 0 Å². The first-order valence-electron chi connectivity index (χ1n) is 21.4. The van der Waals surface area contributed by atoms with Crippen LogP contribution in [0.15, 0.2) is 78.1 Å². The van der Waals surface area contributed by atoms with Crippen LogP contribution in [0.5, 0.6) is 0 Å². The maximum atomic E-state index is 5.52. The number of nitrogens with zero attached hydrogens (tertiary/aromatic N) is 7. The summed E-state index contributed by atoms with van der Waals surface area (Å²) in [7, 11) is 0. The smallest absolute Gasteiger partial charge is 0.143 e. The first-order chi connectivity index (χ1) is 29.1. The summed E-state index contributed by atoms with van der Waals surface area (Å²) in [5.74, 6) is 1.89. The van der Waals surface area contributed by atoms with Gasteiger partial charge >= 0.3 is 0 Å². The Morgan fingerprint density at radius 3 is 1.58 bits per heavy atom. The van der Waals surface area contributed by atoms with E-state index in [9.17, 15) is 0 Å². The molecule has 2 aliphatic carbocycles. The number of morpholine rings is 2. The molecule has 4 fully saturated rings. The Kier molecular flexibility index (Phi) is 11.4. The Hall–Kier alpha value is -4.73. The first kappa shape index (κ1) is 38.5. The van der Waals surface area contributed by atoms with Crippen LogP contribution in [0.2, 0.25) is 0 Å². The molecule has 0 bridgehead atoms. The monoisotopic (exact) mass is 857 g/mol. The van der Waals surface area contributed by atoms with Gasteiger partial charge in [-0.1, -0.05) is 34.1 Å². The van der Waals surface area contributed by atoms with Gasteiger partial charge in [-0.15, -0.1) is 0 Å². The van der Waals surface area contributed by atoms with E-state index in [4.69, 9.17) is 9.47 Å². The summed E-state index contributed by atoms with van der Waals surface area (Å²) in [4.78, 5) is 34.4. The predicted molar refractivity (Wildman–Crippen MR) is 238 cm³/mol. The summed E-state index contributed by atoms with van der Waals surface area (Å²) >= 11 is 3.54. The number of hydrogen-bond donors (Lipinski definition) is 4. The van der Waals surface area contributed by atoms with Crippen LogP contribution in [0.25, 0.3) is 55.0 Å². The number of halogens is 1. The molecule has 306 valence electrons. The van der Waals surface area contributed by atoms with Crippen molar-refractivity contribution in [2.24, 2.45) is 0 Å². The van der Waals surface area contributed by atoms with Crippen molar-refractivity contribution in [2.45, 2.75) is 75.5 Å².